The number of carbonyl (C=O) groups is 1. The Kier molecular flexibility index (Phi) is 4.83. The summed E-state index contributed by atoms with van der Waals surface area (Å²) in [6.45, 7) is 0.703. The molecular formula is C16H14ClNO4S. The summed E-state index contributed by atoms with van der Waals surface area (Å²) in [7, 11) is 0. The number of halogens is 1. The fourth-order valence-corrected chi connectivity index (χ4v) is 2.51. The number of ether oxygens (including phenoxy) is 3. The molecule has 1 unspecified atom stereocenters. The number of para-hydroxylation sites is 2. The van der Waals surface area contributed by atoms with Crippen LogP contribution >= 0.6 is 24.2 Å². The molecule has 0 saturated heterocycles. The molecule has 2 aromatic rings. The highest BCUT2D eigenvalue weighted by atomic mass is 35.5. The average Bonchev–Trinajstić information content (AvgIpc) is 2.53. The molecule has 7 heteroatoms. The quantitative estimate of drug-likeness (QED) is 0.817. The number of thiol groups is 1. The molecule has 1 aliphatic rings. The van der Waals surface area contributed by atoms with E-state index in [1.165, 1.54) is 0 Å². The summed E-state index contributed by atoms with van der Waals surface area (Å²) in [6.07, 6.45) is -0.224. The van der Waals surface area contributed by atoms with Crippen molar-refractivity contribution in [3.63, 3.8) is 0 Å². The van der Waals surface area contributed by atoms with E-state index >= 15 is 0 Å². The van der Waals surface area contributed by atoms with Crippen molar-refractivity contribution >= 4 is 35.2 Å². The first kappa shape index (κ1) is 15.8. The fourth-order valence-electron chi connectivity index (χ4n) is 2.15. The molecule has 23 heavy (non-hydrogen) atoms. The molecule has 1 N–H and O–H groups in total. The minimum atomic E-state index is -0.457. The first-order chi connectivity index (χ1) is 11.1. The van der Waals surface area contributed by atoms with E-state index in [9.17, 15) is 4.79 Å². The highest BCUT2D eigenvalue weighted by Crippen LogP contribution is 2.32. The Hall–Kier alpha value is -2.05. The predicted octanol–water partition coefficient (Wildman–Crippen LogP) is 4.02. The van der Waals surface area contributed by atoms with Gasteiger partial charge in [-0.05, 0) is 30.3 Å². The normalized spacial score (nSPS) is 15.8. The number of anilines is 1. The van der Waals surface area contributed by atoms with Gasteiger partial charge in [0.25, 0.3) is 5.24 Å². The second kappa shape index (κ2) is 7.02. The number of benzene rings is 2. The van der Waals surface area contributed by atoms with E-state index in [4.69, 9.17) is 25.8 Å². The Morgan fingerprint density at radius 1 is 1.30 bits per heavy atom. The van der Waals surface area contributed by atoms with E-state index in [0.717, 1.165) is 5.75 Å². The number of carbonyl (C=O) groups excluding carboxylic acids is 1. The maximum atomic E-state index is 10.9. The third-order valence-corrected chi connectivity index (χ3v) is 3.58. The van der Waals surface area contributed by atoms with Gasteiger partial charge in [0.15, 0.2) is 17.6 Å². The second-order valence-electron chi connectivity index (χ2n) is 4.88. The number of nitrogens with one attached hydrogen (secondary N) is 1. The molecule has 0 fully saturated rings. The third kappa shape index (κ3) is 4.03. The van der Waals surface area contributed by atoms with Gasteiger partial charge < -0.3 is 19.5 Å². The zero-order valence-electron chi connectivity index (χ0n) is 12.0. The summed E-state index contributed by atoms with van der Waals surface area (Å²) in [5.41, 5.74) is 0.550. The van der Waals surface area contributed by atoms with E-state index in [1.807, 2.05) is 24.3 Å². The van der Waals surface area contributed by atoms with Crippen LogP contribution in [0.2, 0.25) is 5.02 Å². The van der Waals surface area contributed by atoms with E-state index in [-0.39, 0.29) is 6.10 Å². The first-order valence-electron chi connectivity index (χ1n) is 6.92. The van der Waals surface area contributed by atoms with Crippen molar-refractivity contribution in [2.75, 3.05) is 18.5 Å². The summed E-state index contributed by atoms with van der Waals surface area (Å²) >= 11 is 9.79. The standard InChI is InChI=1S/C16H14ClNO4S/c17-12-7-10(18-16(19)23)5-6-13(12)20-8-11-9-21-14-3-1-2-4-15(14)22-11/h1-7,11H,8-9H2,(H2,18,19,23). The summed E-state index contributed by atoms with van der Waals surface area (Å²) in [4.78, 5) is 10.9. The second-order valence-corrected chi connectivity index (χ2v) is 5.70. The van der Waals surface area contributed by atoms with Gasteiger partial charge in [-0.3, -0.25) is 4.79 Å². The van der Waals surface area contributed by atoms with E-state index < -0.39 is 5.24 Å². The van der Waals surface area contributed by atoms with Crippen molar-refractivity contribution in [3.05, 3.63) is 47.5 Å². The molecule has 0 spiro atoms. The summed E-state index contributed by atoms with van der Waals surface area (Å²) in [5.74, 6) is 1.94. The molecular weight excluding hydrogens is 338 g/mol. The third-order valence-electron chi connectivity index (χ3n) is 3.18. The molecule has 1 amide bonds. The molecule has 0 bridgehead atoms. The summed E-state index contributed by atoms with van der Waals surface area (Å²) in [6, 6.07) is 12.4. The first-order valence-corrected chi connectivity index (χ1v) is 7.75. The average molecular weight is 352 g/mol. The molecule has 1 heterocycles. The molecule has 5 nitrogen and oxygen atoms in total. The van der Waals surface area contributed by atoms with Crippen LogP contribution in [-0.4, -0.2) is 24.6 Å². The Bertz CT molecular complexity index is 725. The Labute approximate surface area is 143 Å². The zero-order chi connectivity index (χ0) is 16.2. The lowest BCUT2D eigenvalue weighted by atomic mass is 10.2. The maximum Gasteiger partial charge on any atom is 0.280 e. The van der Waals surface area contributed by atoms with Gasteiger partial charge in [0.2, 0.25) is 0 Å². The van der Waals surface area contributed by atoms with Gasteiger partial charge in [0.05, 0.1) is 5.02 Å². The predicted molar refractivity (Wildman–Crippen MR) is 91.3 cm³/mol. The molecule has 0 aromatic heterocycles. The molecule has 120 valence electrons. The molecule has 1 aliphatic heterocycles. The van der Waals surface area contributed by atoms with Crippen molar-refractivity contribution in [3.8, 4) is 17.2 Å². The molecule has 0 saturated carbocycles. The lowest BCUT2D eigenvalue weighted by Gasteiger charge is -2.26. The van der Waals surface area contributed by atoms with Crippen molar-refractivity contribution < 1.29 is 19.0 Å². The van der Waals surface area contributed by atoms with Gasteiger partial charge in [0, 0.05) is 5.69 Å². The van der Waals surface area contributed by atoms with Gasteiger partial charge >= 0.3 is 0 Å². The monoisotopic (exact) mass is 351 g/mol. The minimum Gasteiger partial charge on any atom is -0.488 e. The number of fused-ring (bicyclic) bond motifs is 1. The van der Waals surface area contributed by atoms with Gasteiger partial charge in [-0.15, -0.1) is 0 Å². The summed E-state index contributed by atoms with van der Waals surface area (Å²) < 4.78 is 17.1. The number of rotatable bonds is 4. The topological polar surface area (TPSA) is 56.8 Å². The Balaban J connectivity index is 1.60. The van der Waals surface area contributed by atoms with Crippen LogP contribution in [0.5, 0.6) is 17.2 Å². The maximum absolute atomic E-state index is 10.9. The van der Waals surface area contributed by atoms with Gasteiger partial charge in [-0.1, -0.05) is 36.4 Å². The van der Waals surface area contributed by atoms with E-state index in [0.29, 0.717) is 35.4 Å². The highest BCUT2D eigenvalue weighted by Gasteiger charge is 2.21. The molecule has 0 aliphatic carbocycles. The van der Waals surface area contributed by atoms with Gasteiger partial charge in [-0.2, -0.15) is 0 Å². The Morgan fingerprint density at radius 2 is 2.09 bits per heavy atom. The number of hydrogen-bond donors (Lipinski definition) is 2. The molecule has 1 atom stereocenters. The minimum absolute atomic E-state index is 0.224. The Morgan fingerprint density at radius 3 is 2.83 bits per heavy atom. The van der Waals surface area contributed by atoms with E-state index in [1.54, 1.807) is 18.2 Å². The smallest absolute Gasteiger partial charge is 0.280 e. The SMILES string of the molecule is O=C(S)Nc1ccc(OCC2COc3ccccc3O2)c(Cl)c1. The highest BCUT2D eigenvalue weighted by molar-refractivity contribution is 7.96. The van der Waals surface area contributed by atoms with Crippen LogP contribution in [0.25, 0.3) is 0 Å². The van der Waals surface area contributed by atoms with Crippen LogP contribution in [0.1, 0.15) is 0 Å². The van der Waals surface area contributed by atoms with E-state index in [2.05, 4.69) is 17.9 Å². The van der Waals surface area contributed by atoms with Crippen LogP contribution in [0, 0.1) is 0 Å². The van der Waals surface area contributed by atoms with Crippen molar-refractivity contribution in [1.82, 2.24) is 0 Å². The van der Waals surface area contributed by atoms with Gasteiger partial charge in [0.1, 0.15) is 19.0 Å². The molecule has 0 radical (unpaired) electrons. The number of hydrogen-bond acceptors (Lipinski definition) is 4. The largest absolute Gasteiger partial charge is 0.488 e. The van der Waals surface area contributed by atoms with Crippen molar-refractivity contribution in [1.29, 1.82) is 0 Å². The molecule has 2 aromatic carbocycles. The van der Waals surface area contributed by atoms with Crippen molar-refractivity contribution in [2.24, 2.45) is 0 Å². The van der Waals surface area contributed by atoms with Crippen LogP contribution in [-0.2, 0) is 0 Å². The number of amides is 1. The fraction of sp³-hybridized carbons (Fsp3) is 0.188. The van der Waals surface area contributed by atoms with Crippen LogP contribution in [0.15, 0.2) is 42.5 Å². The van der Waals surface area contributed by atoms with Gasteiger partial charge in [-0.25, -0.2) is 0 Å². The lowest BCUT2D eigenvalue weighted by molar-refractivity contribution is 0.0536. The lowest BCUT2D eigenvalue weighted by Crippen LogP contribution is -2.34. The zero-order valence-corrected chi connectivity index (χ0v) is 13.6. The van der Waals surface area contributed by atoms with Crippen LogP contribution in [0.4, 0.5) is 10.5 Å². The summed E-state index contributed by atoms with van der Waals surface area (Å²) in [5, 5.41) is 2.46. The van der Waals surface area contributed by atoms with Crippen LogP contribution < -0.4 is 19.5 Å². The molecule has 3 rings (SSSR count). The van der Waals surface area contributed by atoms with Crippen LogP contribution in [0.3, 0.4) is 0 Å². The van der Waals surface area contributed by atoms with Crippen molar-refractivity contribution in [2.45, 2.75) is 6.10 Å².